The molecule has 8 heteroatoms. The van der Waals surface area contributed by atoms with Gasteiger partial charge in [-0.2, -0.15) is 0 Å². The fourth-order valence-corrected chi connectivity index (χ4v) is 8.70. The molecule has 0 bridgehead atoms. The number of nitrogens with one attached hydrogen (secondary N) is 1. The van der Waals surface area contributed by atoms with Crippen LogP contribution >= 0.6 is 0 Å². The Balaban J connectivity index is 1.41. The second-order valence-electron chi connectivity index (χ2n) is 14.0. The van der Waals surface area contributed by atoms with Crippen molar-refractivity contribution in [1.82, 2.24) is 9.03 Å². The molecule has 1 N–H and O–H groups in total. The average Bonchev–Trinajstić information content (AvgIpc) is 3.08. The summed E-state index contributed by atoms with van der Waals surface area (Å²) in [5, 5.41) is 0. The van der Waals surface area contributed by atoms with Crippen molar-refractivity contribution in [3.63, 3.8) is 0 Å². The SMILES string of the molecule is CC(C)(C)[S+]([O-])N[C@H](c1ccccc1)[C@@H]1CCC=C(CC(C)(C)[S+]([O-])N(Cc2ccccc2)[C@H](c2ccccc2)[C@@H]2CCC=CO2)O1. The quantitative estimate of drug-likeness (QED) is 0.183. The molecule has 5 rings (SSSR count). The van der Waals surface area contributed by atoms with Gasteiger partial charge < -0.3 is 18.6 Å². The van der Waals surface area contributed by atoms with Gasteiger partial charge in [0, 0.05) is 22.7 Å². The number of hydrogen-bond donors (Lipinski definition) is 1. The van der Waals surface area contributed by atoms with Gasteiger partial charge in [0.1, 0.15) is 33.8 Å². The van der Waals surface area contributed by atoms with Crippen molar-refractivity contribution in [2.24, 2.45) is 0 Å². The molecule has 0 aliphatic carbocycles. The molecule has 0 radical (unpaired) electrons. The lowest BCUT2D eigenvalue weighted by atomic mass is 9.96. The second-order valence-corrected chi connectivity index (χ2v) is 18.1. The van der Waals surface area contributed by atoms with Gasteiger partial charge in [0.25, 0.3) is 0 Å². The first-order chi connectivity index (χ1) is 22.5. The molecule has 3 aromatic rings. The van der Waals surface area contributed by atoms with Crippen LogP contribution in [0.1, 0.15) is 95.5 Å². The third-order valence-electron chi connectivity index (χ3n) is 8.68. The number of nitrogens with zero attached hydrogens (tertiary/aromatic N) is 1. The Bertz CT molecular complexity index is 1450. The van der Waals surface area contributed by atoms with Crippen LogP contribution in [0, 0.1) is 0 Å². The molecule has 47 heavy (non-hydrogen) atoms. The normalized spacial score (nSPS) is 21.2. The first kappa shape index (κ1) is 35.6. The van der Waals surface area contributed by atoms with Crippen molar-refractivity contribution < 1.29 is 18.6 Å². The molecule has 2 aliphatic heterocycles. The lowest BCUT2D eigenvalue weighted by Gasteiger charge is -2.42. The van der Waals surface area contributed by atoms with Gasteiger partial charge in [-0.1, -0.05) is 91.0 Å². The number of benzene rings is 3. The van der Waals surface area contributed by atoms with Crippen molar-refractivity contribution in [3.05, 3.63) is 132 Å². The second kappa shape index (κ2) is 16.1. The van der Waals surface area contributed by atoms with E-state index in [2.05, 4.69) is 71.4 Å². The van der Waals surface area contributed by atoms with E-state index in [1.54, 1.807) is 6.26 Å². The predicted octanol–water partition coefficient (Wildman–Crippen LogP) is 8.61. The summed E-state index contributed by atoms with van der Waals surface area (Å²) in [6, 6.07) is 30.3. The molecular formula is C39H50N2O4S2. The molecule has 6 nitrogen and oxygen atoms in total. The highest BCUT2D eigenvalue weighted by Gasteiger charge is 2.46. The Labute approximate surface area is 288 Å². The van der Waals surface area contributed by atoms with Gasteiger partial charge in [-0.05, 0) is 89.1 Å². The van der Waals surface area contributed by atoms with Gasteiger partial charge >= 0.3 is 0 Å². The van der Waals surface area contributed by atoms with Crippen LogP contribution in [0.4, 0.5) is 0 Å². The molecule has 0 saturated heterocycles. The van der Waals surface area contributed by atoms with Crippen LogP contribution in [-0.4, -0.2) is 35.1 Å². The number of allylic oxidation sites excluding steroid dienone is 3. The summed E-state index contributed by atoms with van der Waals surface area (Å²) in [6.07, 6.45) is 9.53. The molecule has 3 aromatic carbocycles. The Morgan fingerprint density at radius 2 is 1.40 bits per heavy atom. The summed E-state index contributed by atoms with van der Waals surface area (Å²) in [7, 11) is 0. The van der Waals surface area contributed by atoms with E-state index >= 15 is 4.55 Å². The van der Waals surface area contributed by atoms with E-state index in [0.29, 0.717) is 13.0 Å². The molecule has 0 amide bonds. The summed E-state index contributed by atoms with van der Waals surface area (Å²) < 4.78 is 45.7. The zero-order valence-corrected chi connectivity index (χ0v) is 30.0. The maximum Gasteiger partial charge on any atom is 0.146 e. The fraction of sp³-hybridized carbons (Fsp3) is 0.436. The highest BCUT2D eigenvalue weighted by Crippen LogP contribution is 2.41. The largest absolute Gasteiger partial charge is 0.598 e. The number of hydrogen-bond acceptors (Lipinski definition) is 6. The van der Waals surface area contributed by atoms with E-state index in [0.717, 1.165) is 48.1 Å². The monoisotopic (exact) mass is 674 g/mol. The minimum Gasteiger partial charge on any atom is -0.598 e. The topological polar surface area (TPSA) is 79.8 Å². The van der Waals surface area contributed by atoms with E-state index in [1.807, 2.05) is 75.4 Å². The maximum absolute atomic E-state index is 15.0. The van der Waals surface area contributed by atoms with E-state index in [1.165, 1.54) is 0 Å². The molecule has 0 aromatic heterocycles. The van der Waals surface area contributed by atoms with Gasteiger partial charge in [-0.25, -0.2) is 0 Å². The molecule has 2 heterocycles. The Hall–Kier alpha value is -2.72. The molecule has 0 spiro atoms. The van der Waals surface area contributed by atoms with E-state index in [4.69, 9.17) is 9.47 Å². The van der Waals surface area contributed by atoms with Gasteiger partial charge in [0.05, 0.1) is 25.0 Å². The highest BCUT2D eigenvalue weighted by atomic mass is 32.2. The van der Waals surface area contributed by atoms with Crippen LogP contribution in [0.2, 0.25) is 0 Å². The first-order valence-corrected chi connectivity index (χ1v) is 19.0. The van der Waals surface area contributed by atoms with Crippen LogP contribution in [0.3, 0.4) is 0 Å². The van der Waals surface area contributed by atoms with E-state index < -0.39 is 32.2 Å². The Kier molecular flexibility index (Phi) is 12.2. The van der Waals surface area contributed by atoms with Crippen LogP contribution in [0.5, 0.6) is 0 Å². The first-order valence-electron chi connectivity index (χ1n) is 16.7. The minimum atomic E-state index is -1.44. The molecule has 2 unspecified atom stereocenters. The average molecular weight is 675 g/mol. The summed E-state index contributed by atoms with van der Waals surface area (Å²) in [6.45, 7) is 10.6. The van der Waals surface area contributed by atoms with Crippen molar-refractivity contribution in [2.45, 2.75) is 107 Å². The van der Waals surface area contributed by atoms with Crippen LogP contribution in [-0.2, 0) is 38.7 Å². The zero-order chi connectivity index (χ0) is 33.4. The molecule has 252 valence electrons. The van der Waals surface area contributed by atoms with Gasteiger partial charge in [0.15, 0.2) is 0 Å². The molecule has 2 aliphatic rings. The van der Waals surface area contributed by atoms with E-state index in [9.17, 15) is 4.55 Å². The minimum absolute atomic E-state index is 0.137. The van der Waals surface area contributed by atoms with Crippen LogP contribution < -0.4 is 4.72 Å². The van der Waals surface area contributed by atoms with Crippen molar-refractivity contribution in [3.8, 4) is 0 Å². The Morgan fingerprint density at radius 3 is 2.00 bits per heavy atom. The summed E-state index contributed by atoms with van der Waals surface area (Å²) >= 11 is -2.72. The fourth-order valence-electron chi connectivity index (χ4n) is 6.19. The third kappa shape index (κ3) is 9.46. The summed E-state index contributed by atoms with van der Waals surface area (Å²) in [5.41, 5.74) is 3.23. The standard InChI is InChI=1S/C39H50N2O4S2/c1-38(2,3)46(42)40-36(31-20-11-7-12-21-31)34-26-17-24-33(45-34)28-39(4,5)47(43)41(29-30-18-9-6-10-19-30)37(32-22-13-8-14-23-32)35-25-15-16-27-44-35/h6-14,16,18-24,27,34-37,40H,15,17,25-26,28-29H2,1-5H3/t34-,35-,36+,37+,46?,47?/m0/s1. The predicted molar refractivity (Wildman–Crippen MR) is 194 cm³/mol. The lowest BCUT2D eigenvalue weighted by molar-refractivity contribution is 0.0509. The summed E-state index contributed by atoms with van der Waals surface area (Å²) in [5.74, 6) is 0.830. The molecule has 0 saturated carbocycles. The number of ether oxygens (including phenoxy) is 2. The molecular weight excluding hydrogens is 625 g/mol. The number of rotatable bonds is 13. The van der Waals surface area contributed by atoms with Gasteiger partial charge in [-0.3, -0.25) is 0 Å². The maximum atomic E-state index is 15.0. The van der Waals surface area contributed by atoms with Gasteiger partial charge in [-0.15, -0.1) is 9.03 Å². The third-order valence-corrected chi connectivity index (χ3v) is 12.1. The zero-order valence-electron chi connectivity index (χ0n) is 28.3. The highest BCUT2D eigenvalue weighted by molar-refractivity contribution is 7.91. The Morgan fingerprint density at radius 1 is 0.809 bits per heavy atom. The van der Waals surface area contributed by atoms with Crippen LogP contribution in [0.15, 0.2) is 115 Å². The van der Waals surface area contributed by atoms with Gasteiger partial charge in [0.2, 0.25) is 0 Å². The van der Waals surface area contributed by atoms with Crippen molar-refractivity contribution >= 4 is 22.7 Å². The van der Waals surface area contributed by atoms with Crippen molar-refractivity contribution in [2.75, 3.05) is 0 Å². The molecule has 0 fully saturated rings. The van der Waals surface area contributed by atoms with E-state index in [-0.39, 0.29) is 24.3 Å². The smallest absolute Gasteiger partial charge is 0.146 e. The summed E-state index contributed by atoms with van der Waals surface area (Å²) in [4.78, 5) is 0. The molecule has 6 atom stereocenters. The van der Waals surface area contributed by atoms with Crippen LogP contribution in [0.25, 0.3) is 0 Å². The van der Waals surface area contributed by atoms with Crippen molar-refractivity contribution in [1.29, 1.82) is 0 Å². The lowest BCUT2D eigenvalue weighted by Crippen LogP contribution is -2.50.